The summed E-state index contributed by atoms with van der Waals surface area (Å²) >= 11 is 0. The lowest BCUT2D eigenvalue weighted by Crippen LogP contribution is -2.46. The van der Waals surface area contributed by atoms with E-state index in [1.807, 2.05) is 24.3 Å². The molecule has 1 saturated heterocycles. The molecule has 0 radical (unpaired) electrons. The second-order valence-electron chi connectivity index (χ2n) is 7.52. The van der Waals surface area contributed by atoms with Crippen LogP contribution in [0.25, 0.3) is 0 Å². The molecule has 0 bridgehead atoms. The summed E-state index contributed by atoms with van der Waals surface area (Å²) in [4.78, 5) is 41.8. The van der Waals surface area contributed by atoms with Crippen molar-refractivity contribution in [3.05, 3.63) is 48.0 Å². The van der Waals surface area contributed by atoms with Crippen LogP contribution in [0.5, 0.6) is 11.5 Å². The van der Waals surface area contributed by atoms with E-state index in [-0.39, 0.29) is 24.8 Å². The van der Waals surface area contributed by atoms with E-state index in [1.165, 1.54) is 19.1 Å². The zero-order valence-electron chi connectivity index (χ0n) is 17.7. The Hall–Kier alpha value is -3.55. The summed E-state index contributed by atoms with van der Waals surface area (Å²) in [5.74, 6) is -0.401. The molecule has 2 heterocycles. The van der Waals surface area contributed by atoms with Crippen LogP contribution in [0.3, 0.4) is 0 Å². The Morgan fingerprint density at radius 1 is 0.968 bits per heavy atom. The van der Waals surface area contributed by atoms with E-state index in [9.17, 15) is 14.4 Å². The van der Waals surface area contributed by atoms with Gasteiger partial charge in [-0.2, -0.15) is 0 Å². The predicted molar refractivity (Wildman–Crippen MR) is 113 cm³/mol. The second kappa shape index (κ2) is 8.29. The monoisotopic (exact) mass is 424 g/mol. The molecular weight excluding hydrogens is 400 g/mol. The van der Waals surface area contributed by atoms with Gasteiger partial charge < -0.3 is 19.1 Å². The summed E-state index contributed by atoms with van der Waals surface area (Å²) in [6.45, 7) is 0.201. The molecule has 2 amide bonds. The fourth-order valence-electron chi connectivity index (χ4n) is 4.29. The maximum absolute atomic E-state index is 13.5. The van der Waals surface area contributed by atoms with Crippen molar-refractivity contribution in [3.8, 4) is 11.5 Å². The molecule has 2 unspecified atom stereocenters. The topological polar surface area (TPSA) is 85.4 Å². The number of anilines is 2. The van der Waals surface area contributed by atoms with Gasteiger partial charge in [0.05, 0.1) is 32.9 Å². The Morgan fingerprint density at radius 2 is 1.74 bits per heavy atom. The SMILES string of the molecule is COC(=O)C1Cc2ccccc2N1C(=O)C1CC(=O)N(c2ccc(OC)cc2OC)C1. The van der Waals surface area contributed by atoms with Crippen LogP contribution in [0.2, 0.25) is 0 Å². The molecule has 1 fully saturated rings. The van der Waals surface area contributed by atoms with E-state index < -0.39 is 17.9 Å². The minimum atomic E-state index is -0.727. The van der Waals surface area contributed by atoms with E-state index in [4.69, 9.17) is 14.2 Å². The van der Waals surface area contributed by atoms with E-state index in [1.54, 1.807) is 30.2 Å². The fourth-order valence-corrected chi connectivity index (χ4v) is 4.29. The summed E-state index contributed by atoms with van der Waals surface area (Å²) in [7, 11) is 4.38. The summed E-state index contributed by atoms with van der Waals surface area (Å²) in [6.07, 6.45) is 0.450. The standard InChI is InChI=1S/C23H24N2O6/c1-29-16-8-9-18(20(12-16)30-2)24-13-15(11-21(24)26)22(27)25-17-7-5-4-6-14(17)10-19(25)23(28)31-3/h4-9,12,15,19H,10-11,13H2,1-3H3. The lowest BCUT2D eigenvalue weighted by Gasteiger charge is -2.26. The summed E-state index contributed by atoms with van der Waals surface area (Å²) in [6, 6.07) is 11.9. The van der Waals surface area contributed by atoms with Gasteiger partial charge in [0.1, 0.15) is 17.5 Å². The van der Waals surface area contributed by atoms with Gasteiger partial charge in [-0.15, -0.1) is 0 Å². The first-order valence-corrected chi connectivity index (χ1v) is 9.99. The van der Waals surface area contributed by atoms with Crippen LogP contribution < -0.4 is 19.3 Å². The largest absolute Gasteiger partial charge is 0.497 e. The average molecular weight is 424 g/mol. The zero-order valence-corrected chi connectivity index (χ0v) is 17.7. The highest BCUT2D eigenvalue weighted by Gasteiger charge is 2.45. The molecule has 0 N–H and O–H groups in total. The molecule has 2 aliphatic rings. The number of hydrogen-bond acceptors (Lipinski definition) is 6. The molecule has 2 atom stereocenters. The molecule has 8 heteroatoms. The Balaban J connectivity index is 1.62. The van der Waals surface area contributed by atoms with E-state index in [0.29, 0.717) is 29.3 Å². The number of rotatable bonds is 5. The maximum atomic E-state index is 13.5. The van der Waals surface area contributed by atoms with Crippen molar-refractivity contribution in [1.29, 1.82) is 0 Å². The van der Waals surface area contributed by atoms with Gasteiger partial charge in [-0.25, -0.2) is 4.79 Å². The van der Waals surface area contributed by atoms with Gasteiger partial charge in [-0.1, -0.05) is 18.2 Å². The fraction of sp³-hybridized carbons (Fsp3) is 0.348. The van der Waals surface area contributed by atoms with Gasteiger partial charge in [0.25, 0.3) is 0 Å². The van der Waals surface area contributed by atoms with Gasteiger partial charge >= 0.3 is 5.97 Å². The third kappa shape index (κ3) is 3.58. The molecule has 4 rings (SSSR count). The number of hydrogen-bond donors (Lipinski definition) is 0. The summed E-state index contributed by atoms with van der Waals surface area (Å²) < 4.78 is 15.6. The molecule has 162 valence electrons. The van der Waals surface area contributed by atoms with Gasteiger partial charge in [0.15, 0.2) is 0 Å². The molecule has 0 spiro atoms. The summed E-state index contributed by atoms with van der Waals surface area (Å²) in [5.41, 5.74) is 2.18. The molecule has 8 nitrogen and oxygen atoms in total. The molecule has 2 aromatic carbocycles. The molecule has 2 aromatic rings. The number of fused-ring (bicyclic) bond motifs is 1. The summed E-state index contributed by atoms with van der Waals surface area (Å²) in [5, 5.41) is 0. The third-order valence-electron chi connectivity index (χ3n) is 5.84. The maximum Gasteiger partial charge on any atom is 0.329 e. The molecule has 0 aromatic heterocycles. The van der Waals surface area contributed by atoms with Gasteiger partial charge in [0, 0.05) is 31.1 Å². The van der Waals surface area contributed by atoms with Gasteiger partial charge in [0.2, 0.25) is 11.8 Å². The Kier molecular flexibility index (Phi) is 5.54. The van der Waals surface area contributed by atoms with Crippen LogP contribution in [-0.4, -0.2) is 51.7 Å². The Morgan fingerprint density at radius 3 is 2.45 bits per heavy atom. The van der Waals surface area contributed by atoms with Crippen molar-refractivity contribution >= 4 is 29.2 Å². The van der Waals surface area contributed by atoms with Crippen LogP contribution >= 0.6 is 0 Å². The van der Waals surface area contributed by atoms with Crippen LogP contribution in [0, 0.1) is 5.92 Å². The minimum Gasteiger partial charge on any atom is -0.497 e. The minimum absolute atomic E-state index is 0.0561. The quantitative estimate of drug-likeness (QED) is 0.684. The van der Waals surface area contributed by atoms with E-state index in [2.05, 4.69) is 0 Å². The Bertz CT molecular complexity index is 1040. The van der Waals surface area contributed by atoms with Crippen molar-refractivity contribution in [1.82, 2.24) is 0 Å². The van der Waals surface area contributed by atoms with Crippen LogP contribution in [0.4, 0.5) is 11.4 Å². The molecular formula is C23H24N2O6. The van der Waals surface area contributed by atoms with Crippen molar-refractivity contribution in [2.45, 2.75) is 18.9 Å². The molecule has 0 saturated carbocycles. The smallest absolute Gasteiger partial charge is 0.329 e. The normalized spacial score (nSPS) is 19.9. The molecule has 31 heavy (non-hydrogen) atoms. The first kappa shape index (κ1) is 20.7. The van der Waals surface area contributed by atoms with Crippen molar-refractivity contribution < 1.29 is 28.6 Å². The second-order valence-corrected chi connectivity index (χ2v) is 7.52. The van der Waals surface area contributed by atoms with Gasteiger partial charge in [-0.3, -0.25) is 14.5 Å². The highest BCUT2D eigenvalue weighted by atomic mass is 16.5. The number of methoxy groups -OCH3 is 3. The first-order chi connectivity index (χ1) is 15.0. The third-order valence-corrected chi connectivity index (χ3v) is 5.84. The Labute approximate surface area is 180 Å². The van der Waals surface area contributed by atoms with Gasteiger partial charge in [-0.05, 0) is 23.8 Å². The first-order valence-electron chi connectivity index (χ1n) is 9.99. The van der Waals surface area contributed by atoms with E-state index in [0.717, 1.165) is 5.56 Å². The lowest BCUT2D eigenvalue weighted by atomic mass is 10.1. The van der Waals surface area contributed by atoms with E-state index >= 15 is 0 Å². The van der Waals surface area contributed by atoms with Crippen molar-refractivity contribution in [2.75, 3.05) is 37.7 Å². The number of carbonyl (C=O) groups is 3. The number of carbonyl (C=O) groups excluding carboxylic acids is 3. The number of benzene rings is 2. The number of ether oxygens (including phenoxy) is 3. The van der Waals surface area contributed by atoms with Crippen molar-refractivity contribution in [2.24, 2.45) is 5.92 Å². The highest BCUT2D eigenvalue weighted by molar-refractivity contribution is 6.08. The molecule has 0 aliphatic carbocycles. The number of para-hydroxylation sites is 1. The average Bonchev–Trinajstić information content (AvgIpc) is 3.38. The zero-order chi connectivity index (χ0) is 22.1. The lowest BCUT2D eigenvalue weighted by molar-refractivity contribution is -0.143. The number of esters is 1. The number of nitrogens with zero attached hydrogens (tertiary/aromatic N) is 2. The van der Waals surface area contributed by atoms with Crippen molar-refractivity contribution in [3.63, 3.8) is 0 Å². The number of amides is 2. The van der Waals surface area contributed by atoms with Crippen LogP contribution in [0.1, 0.15) is 12.0 Å². The van der Waals surface area contributed by atoms with Crippen LogP contribution in [0.15, 0.2) is 42.5 Å². The predicted octanol–water partition coefficient (Wildman–Crippen LogP) is 2.19. The highest BCUT2D eigenvalue weighted by Crippen LogP contribution is 2.38. The molecule has 2 aliphatic heterocycles. The van der Waals surface area contributed by atoms with Crippen LogP contribution in [-0.2, 0) is 25.5 Å².